The van der Waals surface area contributed by atoms with Crippen LogP contribution in [-0.2, 0) is 9.53 Å². The topological polar surface area (TPSA) is 101 Å². The third kappa shape index (κ3) is 4.73. The Morgan fingerprint density at radius 1 is 1.26 bits per heavy atom. The first-order chi connectivity index (χ1) is 15.0. The van der Waals surface area contributed by atoms with Crippen molar-refractivity contribution in [1.82, 2.24) is 19.9 Å². The zero-order valence-corrected chi connectivity index (χ0v) is 17.6. The molecule has 9 nitrogen and oxygen atoms in total. The highest BCUT2D eigenvalue weighted by Crippen LogP contribution is 2.28. The first kappa shape index (κ1) is 21.0. The molecular weight excluding hydrogens is 398 g/mol. The molecule has 3 aromatic rings. The quantitative estimate of drug-likeness (QED) is 0.634. The van der Waals surface area contributed by atoms with Crippen LogP contribution in [-0.4, -0.2) is 84.0 Å². The number of benzene rings is 1. The minimum absolute atomic E-state index is 0.205. The van der Waals surface area contributed by atoms with Gasteiger partial charge in [-0.3, -0.25) is 9.78 Å². The van der Waals surface area contributed by atoms with Crippen molar-refractivity contribution < 1.29 is 19.4 Å². The number of anilines is 1. The van der Waals surface area contributed by atoms with Gasteiger partial charge in [0.2, 0.25) is 11.8 Å². The molecule has 9 heteroatoms. The predicted molar refractivity (Wildman–Crippen MR) is 116 cm³/mol. The van der Waals surface area contributed by atoms with Crippen LogP contribution in [0.3, 0.4) is 0 Å². The lowest BCUT2D eigenvalue weighted by Crippen LogP contribution is -2.48. The highest BCUT2D eigenvalue weighted by Gasteiger charge is 2.25. The van der Waals surface area contributed by atoms with Crippen molar-refractivity contribution in [1.29, 1.82) is 0 Å². The average molecular weight is 423 g/mol. The summed E-state index contributed by atoms with van der Waals surface area (Å²) in [5.41, 5.74) is 4.01. The minimum Gasteiger partial charge on any atom is -0.473 e. The number of carbonyl (C=O) groups excluding carboxylic acids is 1. The van der Waals surface area contributed by atoms with Gasteiger partial charge in [0.05, 0.1) is 24.4 Å². The number of hydrogen-bond donors (Lipinski definition) is 1. The largest absolute Gasteiger partial charge is 0.473 e. The molecule has 1 amide bonds. The maximum absolute atomic E-state index is 11.8. The maximum atomic E-state index is 11.8. The van der Waals surface area contributed by atoms with E-state index in [-0.39, 0.29) is 18.6 Å². The molecule has 0 saturated carbocycles. The van der Waals surface area contributed by atoms with E-state index in [2.05, 4.69) is 15.0 Å². The van der Waals surface area contributed by atoms with Gasteiger partial charge in [-0.25, -0.2) is 9.97 Å². The third-order valence-corrected chi connectivity index (χ3v) is 5.14. The van der Waals surface area contributed by atoms with Crippen molar-refractivity contribution in [3.8, 4) is 17.1 Å². The van der Waals surface area contributed by atoms with Crippen molar-refractivity contribution in [3.63, 3.8) is 0 Å². The van der Waals surface area contributed by atoms with Gasteiger partial charge in [0.15, 0.2) is 5.52 Å². The van der Waals surface area contributed by atoms with E-state index in [9.17, 15) is 4.79 Å². The smallest absolute Gasteiger partial charge is 0.248 e. The molecule has 0 unspecified atom stereocenters. The summed E-state index contributed by atoms with van der Waals surface area (Å²) in [6.45, 7) is 0.905. The van der Waals surface area contributed by atoms with Crippen LogP contribution in [0.5, 0.6) is 5.88 Å². The number of aromatic nitrogens is 3. The summed E-state index contributed by atoms with van der Waals surface area (Å²) in [6.07, 6.45) is 2.91. The fraction of sp³-hybridized carbons (Fsp3) is 0.364. The highest BCUT2D eigenvalue weighted by atomic mass is 16.5. The molecule has 0 radical (unpaired) electrons. The molecule has 1 N–H and O–H groups in total. The molecule has 31 heavy (non-hydrogen) atoms. The van der Waals surface area contributed by atoms with E-state index < -0.39 is 6.61 Å². The average Bonchev–Trinajstić information content (AvgIpc) is 2.82. The van der Waals surface area contributed by atoms with Gasteiger partial charge >= 0.3 is 0 Å². The predicted octanol–water partition coefficient (Wildman–Crippen LogP) is 1.36. The Morgan fingerprint density at radius 3 is 2.77 bits per heavy atom. The van der Waals surface area contributed by atoms with Crippen LogP contribution in [0.15, 0.2) is 42.7 Å². The second-order valence-electron chi connectivity index (χ2n) is 7.48. The Bertz CT molecular complexity index is 1060. The Labute approximate surface area is 180 Å². The van der Waals surface area contributed by atoms with Gasteiger partial charge in [0.25, 0.3) is 0 Å². The van der Waals surface area contributed by atoms with Crippen LogP contribution in [0.4, 0.5) is 5.69 Å². The van der Waals surface area contributed by atoms with E-state index in [0.717, 1.165) is 16.9 Å². The van der Waals surface area contributed by atoms with Gasteiger partial charge in [0, 0.05) is 44.3 Å². The van der Waals surface area contributed by atoms with E-state index in [1.54, 1.807) is 17.3 Å². The number of carbonyl (C=O) groups is 1. The van der Waals surface area contributed by atoms with Crippen molar-refractivity contribution >= 4 is 22.6 Å². The molecule has 3 heterocycles. The zero-order chi connectivity index (χ0) is 21.8. The molecule has 1 fully saturated rings. The van der Waals surface area contributed by atoms with Crippen LogP contribution >= 0.6 is 0 Å². The molecule has 1 saturated heterocycles. The van der Waals surface area contributed by atoms with E-state index in [1.165, 1.54) is 0 Å². The van der Waals surface area contributed by atoms with Crippen LogP contribution in [0.1, 0.15) is 0 Å². The molecule has 1 aliphatic rings. The molecule has 4 rings (SSSR count). The van der Waals surface area contributed by atoms with Gasteiger partial charge in [-0.2, -0.15) is 0 Å². The second-order valence-corrected chi connectivity index (χ2v) is 7.48. The number of hydrogen-bond acceptors (Lipinski definition) is 8. The molecule has 0 aliphatic carbocycles. The summed E-state index contributed by atoms with van der Waals surface area (Å²) in [4.78, 5) is 28.9. The molecule has 1 aliphatic heterocycles. The van der Waals surface area contributed by atoms with Crippen LogP contribution in [0.25, 0.3) is 22.3 Å². The van der Waals surface area contributed by atoms with Gasteiger partial charge < -0.3 is 24.4 Å². The lowest BCUT2D eigenvalue weighted by molar-refractivity contribution is -0.142. The number of pyridine rings is 1. The Balaban J connectivity index is 1.57. The third-order valence-electron chi connectivity index (χ3n) is 5.14. The summed E-state index contributed by atoms with van der Waals surface area (Å²) < 4.78 is 11.7. The van der Waals surface area contributed by atoms with E-state index in [0.29, 0.717) is 36.6 Å². The summed E-state index contributed by atoms with van der Waals surface area (Å²) >= 11 is 0. The standard InChI is InChI=1S/C22H25N5O4/c1-26(2)16-5-3-15(4-6-16)18-11-19-21(24-8-7-23-19)22(25-18)31-14-17-12-27(9-10-30-17)20(29)13-28/h3-8,11,17,28H,9-10,12-14H2,1-2H3/t17-/m0/s1. The molecule has 0 spiro atoms. The minimum atomic E-state index is -0.510. The van der Waals surface area contributed by atoms with Gasteiger partial charge in [-0.15, -0.1) is 0 Å². The van der Waals surface area contributed by atoms with Gasteiger partial charge in [-0.05, 0) is 18.2 Å². The summed E-state index contributed by atoms with van der Waals surface area (Å²) in [6, 6.07) is 9.96. The van der Waals surface area contributed by atoms with Crippen molar-refractivity contribution in [2.45, 2.75) is 6.10 Å². The molecular formula is C22H25N5O4. The molecule has 2 aromatic heterocycles. The molecule has 0 bridgehead atoms. The van der Waals surface area contributed by atoms with E-state index >= 15 is 0 Å². The van der Waals surface area contributed by atoms with Crippen molar-refractivity contribution in [3.05, 3.63) is 42.7 Å². The first-order valence-electron chi connectivity index (χ1n) is 10.1. The monoisotopic (exact) mass is 423 g/mol. The number of fused-ring (bicyclic) bond motifs is 1. The number of morpholine rings is 1. The Hall–Kier alpha value is -3.30. The van der Waals surface area contributed by atoms with Crippen molar-refractivity contribution in [2.75, 3.05) is 51.9 Å². The lowest BCUT2D eigenvalue weighted by atomic mass is 10.1. The van der Waals surface area contributed by atoms with Crippen LogP contribution in [0.2, 0.25) is 0 Å². The van der Waals surface area contributed by atoms with E-state index in [1.807, 2.05) is 49.3 Å². The maximum Gasteiger partial charge on any atom is 0.248 e. The molecule has 1 aromatic carbocycles. The van der Waals surface area contributed by atoms with Crippen LogP contribution in [0, 0.1) is 0 Å². The number of nitrogens with zero attached hydrogens (tertiary/aromatic N) is 5. The number of amides is 1. The SMILES string of the molecule is CN(C)c1ccc(-c2cc3nccnc3c(OC[C@@H]3CN(C(=O)CO)CCO3)n2)cc1. The molecule has 1 atom stereocenters. The summed E-state index contributed by atoms with van der Waals surface area (Å²) in [5, 5.41) is 9.09. The van der Waals surface area contributed by atoms with Gasteiger partial charge in [0.1, 0.15) is 19.3 Å². The first-order valence-corrected chi connectivity index (χ1v) is 10.1. The normalized spacial score (nSPS) is 16.4. The number of aliphatic hydroxyl groups excluding tert-OH is 1. The summed E-state index contributed by atoms with van der Waals surface area (Å²) in [5.74, 6) is 0.0532. The van der Waals surface area contributed by atoms with Crippen molar-refractivity contribution in [2.24, 2.45) is 0 Å². The van der Waals surface area contributed by atoms with Crippen LogP contribution < -0.4 is 9.64 Å². The highest BCUT2D eigenvalue weighted by molar-refractivity contribution is 5.83. The van der Waals surface area contributed by atoms with E-state index in [4.69, 9.17) is 14.6 Å². The van der Waals surface area contributed by atoms with Gasteiger partial charge in [-0.1, -0.05) is 12.1 Å². The number of rotatable bonds is 6. The second kappa shape index (κ2) is 9.23. The lowest BCUT2D eigenvalue weighted by Gasteiger charge is -2.32. The Kier molecular flexibility index (Phi) is 6.24. The number of ether oxygens (including phenoxy) is 2. The number of aliphatic hydroxyl groups is 1. The Morgan fingerprint density at radius 2 is 2.03 bits per heavy atom. The molecule has 162 valence electrons. The zero-order valence-electron chi connectivity index (χ0n) is 17.6. The summed E-state index contributed by atoms with van der Waals surface area (Å²) in [7, 11) is 3.99. The fourth-order valence-electron chi connectivity index (χ4n) is 3.44. The fourth-order valence-corrected chi connectivity index (χ4v) is 3.44.